The number of hydrogen-bond donors (Lipinski definition) is 0. The maximum atomic E-state index is 6.12. The molecule has 0 radical (unpaired) electrons. The van der Waals surface area contributed by atoms with Crippen molar-refractivity contribution >= 4 is 28.9 Å². The van der Waals surface area contributed by atoms with E-state index in [-0.39, 0.29) is 0 Å². The smallest absolute Gasteiger partial charge is 0.0894 e. The molecule has 0 N–H and O–H groups in total. The molecule has 74 valence electrons. The van der Waals surface area contributed by atoms with Crippen LogP contribution in [0.25, 0.3) is 0 Å². The van der Waals surface area contributed by atoms with Crippen molar-refractivity contribution in [2.45, 2.75) is 6.61 Å². The van der Waals surface area contributed by atoms with E-state index in [9.17, 15) is 0 Å². The summed E-state index contributed by atoms with van der Waals surface area (Å²) in [5.74, 6) is 0. The molecule has 4 heteroatoms. The Kier molecular flexibility index (Phi) is 2.77. The van der Waals surface area contributed by atoms with Crippen LogP contribution in [0, 0.1) is 0 Å². The third-order valence-corrected chi connectivity index (χ3v) is 3.04. The average molecular weight is 230 g/mol. The fourth-order valence-corrected chi connectivity index (χ4v) is 1.98. The van der Waals surface area contributed by atoms with E-state index in [0.29, 0.717) is 23.3 Å². The number of hydrogen-bond acceptors (Lipinski definition) is 2. The van der Waals surface area contributed by atoms with Gasteiger partial charge >= 0.3 is 0 Å². The highest BCUT2D eigenvalue weighted by atomic mass is 35.5. The van der Waals surface area contributed by atoms with Crippen molar-refractivity contribution < 1.29 is 4.74 Å². The predicted molar refractivity (Wildman–Crippen MR) is 58.6 cm³/mol. The quantitative estimate of drug-likeness (QED) is 0.671. The first kappa shape index (κ1) is 9.97. The number of fused-ring (bicyclic) bond motifs is 1. The Bertz CT molecular complexity index is 401. The SMILES string of the molecule is C/N=C1\COCc2ccc(Cl)c(Cl)c21. The molecule has 1 aromatic rings. The standard InChI is InChI=1S/C10H9Cl2NO/c1-13-8-5-14-4-6-2-3-7(11)10(12)9(6)8/h2-3H,4-5H2,1H3/b13-8+. The zero-order chi connectivity index (χ0) is 10.1. The van der Waals surface area contributed by atoms with E-state index < -0.39 is 0 Å². The van der Waals surface area contributed by atoms with Crippen molar-refractivity contribution in [3.63, 3.8) is 0 Å². The van der Waals surface area contributed by atoms with Gasteiger partial charge < -0.3 is 4.74 Å². The summed E-state index contributed by atoms with van der Waals surface area (Å²) in [4.78, 5) is 4.14. The largest absolute Gasteiger partial charge is 0.370 e. The Morgan fingerprint density at radius 2 is 2.07 bits per heavy atom. The molecule has 0 aromatic heterocycles. The minimum absolute atomic E-state index is 0.504. The first-order valence-electron chi connectivity index (χ1n) is 4.24. The van der Waals surface area contributed by atoms with Crippen LogP contribution in [-0.2, 0) is 11.3 Å². The van der Waals surface area contributed by atoms with Crippen molar-refractivity contribution in [3.8, 4) is 0 Å². The number of nitrogens with zero attached hydrogens (tertiary/aromatic N) is 1. The third kappa shape index (κ3) is 1.54. The molecule has 2 nitrogen and oxygen atoms in total. The molecule has 0 amide bonds. The van der Waals surface area contributed by atoms with Gasteiger partial charge in [-0.2, -0.15) is 0 Å². The third-order valence-electron chi connectivity index (χ3n) is 2.24. The summed E-state index contributed by atoms with van der Waals surface area (Å²) in [6, 6.07) is 3.71. The van der Waals surface area contributed by atoms with Gasteiger partial charge in [0.15, 0.2) is 0 Å². The van der Waals surface area contributed by atoms with E-state index in [1.165, 1.54) is 0 Å². The highest BCUT2D eigenvalue weighted by Crippen LogP contribution is 2.31. The second-order valence-electron chi connectivity index (χ2n) is 3.06. The normalized spacial score (nSPS) is 18.4. The fourth-order valence-electron chi connectivity index (χ4n) is 1.53. The molecule has 0 spiro atoms. The molecule has 0 fully saturated rings. The van der Waals surface area contributed by atoms with E-state index in [2.05, 4.69) is 4.99 Å². The maximum Gasteiger partial charge on any atom is 0.0894 e. The second kappa shape index (κ2) is 3.89. The van der Waals surface area contributed by atoms with Crippen molar-refractivity contribution in [2.75, 3.05) is 13.7 Å². The van der Waals surface area contributed by atoms with Gasteiger partial charge in [-0.15, -0.1) is 0 Å². The molecule has 0 unspecified atom stereocenters. The molecule has 14 heavy (non-hydrogen) atoms. The van der Waals surface area contributed by atoms with Crippen LogP contribution in [-0.4, -0.2) is 19.4 Å². The number of aliphatic imine (C=N–C) groups is 1. The van der Waals surface area contributed by atoms with Crippen LogP contribution in [0.3, 0.4) is 0 Å². The molecular formula is C10H9Cl2NO. The Labute approximate surface area is 92.5 Å². The summed E-state index contributed by atoms with van der Waals surface area (Å²) in [7, 11) is 1.73. The second-order valence-corrected chi connectivity index (χ2v) is 3.84. The zero-order valence-electron chi connectivity index (χ0n) is 7.68. The lowest BCUT2D eigenvalue weighted by Crippen LogP contribution is -2.19. The van der Waals surface area contributed by atoms with Crippen molar-refractivity contribution in [1.82, 2.24) is 0 Å². The van der Waals surface area contributed by atoms with Crippen LogP contribution in [0.15, 0.2) is 17.1 Å². The Morgan fingerprint density at radius 1 is 1.29 bits per heavy atom. The van der Waals surface area contributed by atoms with Gasteiger partial charge in [0, 0.05) is 12.6 Å². The Hall–Kier alpha value is -0.570. The molecular weight excluding hydrogens is 221 g/mol. The molecule has 0 bridgehead atoms. The first-order valence-corrected chi connectivity index (χ1v) is 5.00. The number of benzene rings is 1. The predicted octanol–water partition coefficient (Wildman–Crippen LogP) is 2.94. The van der Waals surface area contributed by atoms with Gasteiger partial charge in [0.25, 0.3) is 0 Å². The fraction of sp³-hybridized carbons (Fsp3) is 0.300. The minimum Gasteiger partial charge on any atom is -0.370 e. The minimum atomic E-state index is 0.504. The molecule has 0 aliphatic carbocycles. The first-order chi connectivity index (χ1) is 6.74. The molecule has 0 atom stereocenters. The van der Waals surface area contributed by atoms with Crippen LogP contribution in [0.2, 0.25) is 10.0 Å². The molecule has 1 aromatic carbocycles. The summed E-state index contributed by atoms with van der Waals surface area (Å²) in [6.45, 7) is 1.08. The van der Waals surface area contributed by atoms with Crippen molar-refractivity contribution in [1.29, 1.82) is 0 Å². The number of halogens is 2. The number of ether oxygens (including phenoxy) is 1. The van der Waals surface area contributed by atoms with Crippen LogP contribution >= 0.6 is 23.2 Å². The van der Waals surface area contributed by atoms with Crippen LogP contribution in [0.4, 0.5) is 0 Å². The van der Waals surface area contributed by atoms with Crippen molar-refractivity contribution in [2.24, 2.45) is 4.99 Å². The van der Waals surface area contributed by atoms with Gasteiger partial charge in [-0.3, -0.25) is 4.99 Å². The van der Waals surface area contributed by atoms with Crippen LogP contribution in [0.5, 0.6) is 0 Å². The lowest BCUT2D eigenvalue weighted by Gasteiger charge is -2.19. The van der Waals surface area contributed by atoms with E-state index in [1.54, 1.807) is 13.1 Å². The molecule has 0 saturated heterocycles. The maximum absolute atomic E-state index is 6.12. The highest BCUT2D eigenvalue weighted by molar-refractivity contribution is 6.44. The van der Waals surface area contributed by atoms with E-state index in [0.717, 1.165) is 16.8 Å². The summed E-state index contributed by atoms with van der Waals surface area (Å²) in [6.07, 6.45) is 0. The summed E-state index contributed by atoms with van der Waals surface area (Å²) in [5.41, 5.74) is 2.85. The summed E-state index contributed by atoms with van der Waals surface area (Å²) >= 11 is 12.1. The van der Waals surface area contributed by atoms with E-state index in [1.807, 2.05) is 6.07 Å². The summed E-state index contributed by atoms with van der Waals surface area (Å²) < 4.78 is 5.36. The molecule has 1 aliphatic heterocycles. The van der Waals surface area contributed by atoms with Crippen molar-refractivity contribution in [3.05, 3.63) is 33.3 Å². The molecule has 0 saturated carbocycles. The van der Waals surface area contributed by atoms with Gasteiger partial charge in [0.05, 0.1) is 29.0 Å². The molecule has 1 heterocycles. The van der Waals surface area contributed by atoms with Gasteiger partial charge in [0.2, 0.25) is 0 Å². The average Bonchev–Trinajstić information content (AvgIpc) is 2.23. The van der Waals surface area contributed by atoms with Gasteiger partial charge in [-0.25, -0.2) is 0 Å². The van der Waals surface area contributed by atoms with Gasteiger partial charge in [-0.05, 0) is 11.6 Å². The molecule has 1 aliphatic rings. The lowest BCUT2D eigenvalue weighted by atomic mass is 10.0. The van der Waals surface area contributed by atoms with E-state index in [4.69, 9.17) is 27.9 Å². The van der Waals surface area contributed by atoms with Gasteiger partial charge in [-0.1, -0.05) is 29.3 Å². The highest BCUT2D eigenvalue weighted by Gasteiger charge is 2.19. The number of rotatable bonds is 0. The van der Waals surface area contributed by atoms with Crippen LogP contribution in [0.1, 0.15) is 11.1 Å². The van der Waals surface area contributed by atoms with Gasteiger partial charge in [0.1, 0.15) is 0 Å². The topological polar surface area (TPSA) is 21.6 Å². The molecule has 2 rings (SSSR count). The Balaban J connectivity index is 2.65. The zero-order valence-corrected chi connectivity index (χ0v) is 9.19. The Morgan fingerprint density at radius 3 is 2.79 bits per heavy atom. The monoisotopic (exact) mass is 229 g/mol. The van der Waals surface area contributed by atoms with E-state index >= 15 is 0 Å². The van der Waals surface area contributed by atoms with Crippen LogP contribution < -0.4 is 0 Å². The summed E-state index contributed by atoms with van der Waals surface area (Å²) in [5, 5.41) is 1.14. The lowest BCUT2D eigenvalue weighted by molar-refractivity contribution is 0.152.